The molecule has 2 N–H and O–H groups in total. The van der Waals surface area contributed by atoms with Crippen LogP contribution < -0.4 is 10.1 Å². The predicted molar refractivity (Wildman–Crippen MR) is 103 cm³/mol. The summed E-state index contributed by atoms with van der Waals surface area (Å²) in [5.74, 6) is 1.17. The van der Waals surface area contributed by atoms with Gasteiger partial charge in [0, 0.05) is 0 Å². The molecule has 1 atom stereocenters. The van der Waals surface area contributed by atoms with E-state index in [1.54, 1.807) is 7.11 Å². The fraction of sp³-hybridized carbons (Fsp3) is 0.211. The molecule has 0 fully saturated rings. The summed E-state index contributed by atoms with van der Waals surface area (Å²) in [4.78, 5) is 17.4. The molecule has 0 saturated carbocycles. The maximum absolute atomic E-state index is 13.1. The van der Waals surface area contributed by atoms with Gasteiger partial charge in [-0.1, -0.05) is 48.2 Å². The molecule has 0 saturated heterocycles. The highest BCUT2D eigenvalue weighted by atomic mass is 32.2. The van der Waals surface area contributed by atoms with E-state index in [2.05, 4.69) is 20.5 Å². The Morgan fingerprint density at radius 3 is 2.62 bits per heavy atom. The van der Waals surface area contributed by atoms with Gasteiger partial charge in [0.2, 0.25) is 11.1 Å². The molecule has 7 heteroatoms. The number of carbonyl (C=O) groups is 1. The van der Waals surface area contributed by atoms with Gasteiger partial charge in [-0.15, -0.1) is 5.10 Å². The minimum atomic E-state index is -0.489. The van der Waals surface area contributed by atoms with Crippen LogP contribution >= 0.6 is 11.8 Å². The second-order valence-corrected chi connectivity index (χ2v) is 6.88. The molecule has 6 nitrogen and oxygen atoms in total. The standard InChI is InChI=1S/C19H20N4O2S/c1-12-9-10-16(25-3)15(11-12)21-18(24)17(14-7-5-4-6-8-14)26-19-20-13(2)22-23-19/h4-11,17H,1-3H3,(H,21,24)(H,20,22,23). The summed E-state index contributed by atoms with van der Waals surface area (Å²) < 4.78 is 5.36. The number of ether oxygens (including phenoxy) is 1. The average molecular weight is 368 g/mol. The zero-order valence-electron chi connectivity index (χ0n) is 14.8. The van der Waals surface area contributed by atoms with Crippen molar-refractivity contribution in [2.45, 2.75) is 24.3 Å². The van der Waals surface area contributed by atoms with Gasteiger partial charge in [-0.05, 0) is 37.1 Å². The Morgan fingerprint density at radius 2 is 1.96 bits per heavy atom. The lowest BCUT2D eigenvalue weighted by Gasteiger charge is -2.17. The summed E-state index contributed by atoms with van der Waals surface area (Å²) in [7, 11) is 1.58. The average Bonchev–Trinajstić information content (AvgIpc) is 3.05. The molecule has 0 aliphatic rings. The monoisotopic (exact) mass is 368 g/mol. The fourth-order valence-electron chi connectivity index (χ4n) is 2.50. The highest BCUT2D eigenvalue weighted by Crippen LogP contribution is 2.35. The zero-order valence-corrected chi connectivity index (χ0v) is 15.6. The molecular weight excluding hydrogens is 348 g/mol. The van der Waals surface area contributed by atoms with E-state index in [4.69, 9.17) is 4.74 Å². The van der Waals surface area contributed by atoms with Crippen LogP contribution in [0, 0.1) is 13.8 Å². The van der Waals surface area contributed by atoms with Crippen molar-refractivity contribution in [2.75, 3.05) is 12.4 Å². The quantitative estimate of drug-likeness (QED) is 0.645. The van der Waals surface area contributed by atoms with Crippen LogP contribution in [0.3, 0.4) is 0 Å². The number of nitrogens with zero attached hydrogens (tertiary/aromatic N) is 2. The number of rotatable bonds is 6. The Hall–Kier alpha value is -2.80. The third kappa shape index (κ3) is 4.23. The molecule has 2 aromatic carbocycles. The largest absolute Gasteiger partial charge is 0.495 e. The van der Waals surface area contributed by atoms with E-state index in [0.29, 0.717) is 22.4 Å². The van der Waals surface area contributed by atoms with E-state index in [9.17, 15) is 4.79 Å². The van der Waals surface area contributed by atoms with Gasteiger partial charge in [-0.2, -0.15) is 0 Å². The number of benzene rings is 2. The molecule has 0 aliphatic heterocycles. The number of hydrogen-bond donors (Lipinski definition) is 2. The van der Waals surface area contributed by atoms with Crippen molar-refractivity contribution in [2.24, 2.45) is 0 Å². The normalized spacial score (nSPS) is 11.8. The van der Waals surface area contributed by atoms with Gasteiger partial charge >= 0.3 is 0 Å². The van der Waals surface area contributed by atoms with Gasteiger partial charge < -0.3 is 10.1 Å². The summed E-state index contributed by atoms with van der Waals surface area (Å²) in [5.41, 5.74) is 2.56. The second kappa shape index (κ2) is 8.05. The maximum atomic E-state index is 13.1. The van der Waals surface area contributed by atoms with Crippen molar-refractivity contribution in [3.05, 3.63) is 65.5 Å². The summed E-state index contributed by atoms with van der Waals surface area (Å²) in [6, 6.07) is 15.3. The molecule has 0 radical (unpaired) electrons. The number of thioether (sulfide) groups is 1. The summed E-state index contributed by atoms with van der Waals surface area (Å²) in [5, 5.41) is 9.97. The molecule has 0 bridgehead atoms. The van der Waals surface area contributed by atoms with Gasteiger partial charge in [0.05, 0.1) is 12.8 Å². The van der Waals surface area contributed by atoms with Crippen molar-refractivity contribution >= 4 is 23.4 Å². The summed E-state index contributed by atoms with van der Waals surface area (Å²) >= 11 is 1.30. The van der Waals surface area contributed by atoms with Crippen molar-refractivity contribution in [1.29, 1.82) is 0 Å². The van der Waals surface area contributed by atoms with E-state index in [1.165, 1.54) is 11.8 Å². The Balaban J connectivity index is 1.89. The van der Waals surface area contributed by atoms with E-state index < -0.39 is 5.25 Å². The van der Waals surface area contributed by atoms with Gasteiger partial charge in [-0.3, -0.25) is 9.89 Å². The first-order valence-corrected chi connectivity index (χ1v) is 9.01. The second-order valence-electron chi connectivity index (χ2n) is 5.80. The number of aromatic amines is 1. The molecule has 3 aromatic rings. The highest BCUT2D eigenvalue weighted by molar-refractivity contribution is 8.00. The van der Waals surface area contributed by atoms with Gasteiger partial charge in [0.25, 0.3) is 0 Å². The fourth-order valence-corrected chi connectivity index (χ4v) is 3.46. The van der Waals surface area contributed by atoms with E-state index in [0.717, 1.165) is 11.1 Å². The number of aromatic nitrogens is 3. The first-order chi connectivity index (χ1) is 12.6. The number of amides is 1. The number of methoxy groups -OCH3 is 1. The first-order valence-electron chi connectivity index (χ1n) is 8.13. The number of anilines is 1. The molecule has 134 valence electrons. The summed E-state index contributed by atoms with van der Waals surface area (Å²) in [6.45, 7) is 3.79. The first kappa shape index (κ1) is 18.0. The lowest BCUT2D eigenvalue weighted by molar-refractivity contribution is -0.115. The Morgan fingerprint density at radius 1 is 1.19 bits per heavy atom. The molecule has 1 amide bonds. The Bertz CT molecular complexity index is 896. The van der Waals surface area contributed by atoms with Gasteiger partial charge in [-0.25, -0.2) is 4.98 Å². The minimum Gasteiger partial charge on any atom is -0.495 e. The van der Waals surface area contributed by atoms with Crippen molar-refractivity contribution in [3.63, 3.8) is 0 Å². The number of H-pyrrole nitrogens is 1. The van der Waals surface area contributed by atoms with Gasteiger partial charge in [0.15, 0.2) is 0 Å². The Labute approximate surface area is 156 Å². The zero-order chi connectivity index (χ0) is 18.5. The number of aryl methyl sites for hydroxylation is 2. The minimum absolute atomic E-state index is 0.160. The topological polar surface area (TPSA) is 79.9 Å². The molecule has 0 spiro atoms. The van der Waals surface area contributed by atoms with Crippen LogP contribution in [-0.4, -0.2) is 28.2 Å². The SMILES string of the molecule is COc1ccc(C)cc1NC(=O)C(Sc1n[nH]c(C)n1)c1ccccc1. The molecule has 1 aromatic heterocycles. The van der Waals surface area contributed by atoms with Crippen LogP contribution in [0.25, 0.3) is 0 Å². The predicted octanol–water partition coefficient (Wildman–Crippen LogP) is 3.90. The van der Waals surface area contributed by atoms with E-state index in [1.807, 2.05) is 62.4 Å². The van der Waals surface area contributed by atoms with Crippen molar-refractivity contribution in [3.8, 4) is 5.75 Å². The Kier molecular flexibility index (Phi) is 5.58. The summed E-state index contributed by atoms with van der Waals surface area (Å²) in [6.07, 6.45) is 0. The van der Waals surface area contributed by atoms with Crippen molar-refractivity contribution < 1.29 is 9.53 Å². The molecule has 0 aliphatic carbocycles. The van der Waals surface area contributed by atoms with Gasteiger partial charge in [0.1, 0.15) is 16.8 Å². The van der Waals surface area contributed by atoms with Crippen LogP contribution in [0.1, 0.15) is 22.2 Å². The number of hydrogen-bond acceptors (Lipinski definition) is 5. The molecule has 1 unspecified atom stereocenters. The van der Waals surface area contributed by atoms with E-state index in [-0.39, 0.29) is 5.91 Å². The lowest BCUT2D eigenvalue weighted by atomic mass is 10.1. The van der Waals surface area contributed by atoms with Crippen LogP contribution in [0.5, 0.6) is 5.75 Å². The number of nitrogens with one attached hydrogen (secondary N) is 2. The van der Waals surface area contributed by atoms with Crippen LogP contribution in [0.15, 0.2) is 53.7 Å². The third-order valence-corrected chi connectivity index (χ3v) is 4.87. The van der Waals surface area contributed by atoms with Crippen LogP contribution in [0.2, 0.25) is 0 Å². The maximum Gasteiger partial charge on any atom is 0.242 e. The van der Waals surface area contributed by atoms with Crippen LogP contribution in [0.4, 0.5) is 5.69 Å². The molecular formula is C19H20N4O2S. The lowest BCUT2D eigenvalue weighted by Crippen LogP contribution is -2.19. The highest BCUT2D eigenvalue weighted by Gasteiger charge is 2.24. The van der Waals surface area contributed by atoms with E-state index >= 15 is 0 Å². The third-order valence-electron chi connectivity index (χ3n) is 3.75. The smallest absolute Gasteiger partial charge is 0.242 e. The molecule has 3 rings (SSSR count). The molecule has 26 heavy (non-hydrogen) atoms. The van der Waals surface area contributed by atoms with Crippen molar-refractivity contribution in [1.82, 2.24) is 15.2 Å². The number of carbonyl (C=O) groups excluding carboxylic acids is 1. The van der Waals surface area contributed by atoms with Crippen LogP contribution in [-0.2, 0) is 4.79 Å². The molecule has 1 heterocycles.